The van der Waals surface area contributed by atoms with Crippen molar-refractivity contribution in [3.05, 3.63) is 40.9 Å². The molecule has 0 aliphatic rings. The molecular formula is C13H15Cl2N3O. The SMILES string of the molecule is CC(C)n1ncnc1COc1c(Cl)cccc1CCl. The highest BCUT2D eigenvalue weighted by Crippen LogP contribution is 2.30. The second-order valence-corrected chi connectivity index (χ2v) is 5.04. The van der Waals surface area contributed by atoms with Gasteiger partial charge in [-0.3, -0.25) is 0 Å². The Morgan fingerprint density at radius 3 is 2.84 bits per heavy atom. The summed E-state index contributed by atoms with van der Waals surface area (Å²) in [6.07, 6.45) is 1.52. The molecule has 0 aliphatic carbocycles. The Bertz CT molecular complexity index is 555. The summed E-state index contributed by atoms with van der Waals surface area (Å²) in [5, 5.41) is 4.71. The number of ether oxygens (including phenoxy) is 1. The van der Waals surface area contributed by atoms with E-state index in [9.17, 15) is 0 Å². The molecule has 4 nitrogen and oxygen atoms in total. The van der Waals surface area contributed by atoms with Crippen LogP contribution >= 0.6 is 23.2 Å². The zero-order valence-electron chi connectivity index (χ0n) is 10.8. The van der Waals surface area contributed by atoms with E-state index in [1.807, 2.05) is 30.7 Å². The predicted octanol–water partition coefficient (Wildman–Crippen LogP) is 3.83. The molecule has 1 heterocycles. The number of benzene rings is 1. The summed E-state index contributed by atoms with van der Waals surface area (Å²) in [6.45, 7) is 4.39. The van der Waals surface area contributed by atoms with Crippen molar-refractivity contribution in [3.8, 4) is 5.75 Å². The molecule has 2 rings (SSSR count). The second-order valence-electron chi connectivity index (χ2n) is 4.36. The number of rotatable bonds is 5. The highest BCUT2D eigenvalue weighted by atomic mass is 35.5. The lowest BCUT2D eigenvalue weighted by atomic mass is 10.2. The van der Waals surface area contributed by atoms with Gasteiger partial charge >= 0.3 is 0 Å². The van der Waals surface area contributed by atoms with Gasteiger partial charge in [-0.25, -0.2) is 9.67 Å². The summed E-state index contributed by atoms with van der Waals surface area (Å²) in [5.41, 5.74) is 0.866. The van der Waals surface area contributed by atoms with Crippen molar-refractivity contribution in [1.29, 1.82) is 0 Å². The molecule has 0 N–H and O–H groups in total. The Kier molecular flexibility index (Phi) is 4.66. The molecule has 0 amide bonds. The molecular weight excluding hydrogens is 285 g/mol. The molecule has 0 saturated carbocycles. The van der Waals surface area contributed by atoms with Crippen molar-refractivity contribution in [3.63, 3.8) is 0 Å². The van der Waals surface area contributed by atoms with Crippen LogP contribution in [-0.4, -0.2) is 14.8 Å². The van der Waals surface area contributed by atoms with E-state index in [4.69, 9.17) is 27.9 Å². The first-order valence-corrected chi connectivity index (χ1v) is 6.89. The lowest BCUT2D eigenvalue weighted by Gasteiger charge is -2.13. The van der Waals surface area contributed by atoms with Gasteiger partial charge in [0.25, 0.3) is 0 Å². The lowest BCUT2D eigenvalue weighted by Crippen LogP contribution is -2.11. The summed E-state index contributed by atoms with van der Waals surface area (Å²) < 4.78 is 7.57. The predicted molar refractivity (Wildman–Crippen MR) is 75.7 cm³/mol. The number of alkyl halides is 1. The molecule has 6 heteroatoms. The number of hydrogen-bond acceptors (Lipinski definition) is 3. The van der Waals surface area contributed by atoms with E-state index >= 15 is 0 Å². The molecule has 0 unspecified atom stereocenters. The van der Waals surface area contributed by atoms with Crippen molar-refractivity contribution < 1.29 is 4.74 Å². The highest BCUT2D eigenvalue weighted by Gasteiger charge is 2.12. The standard InChI is InChI=1S/C13H15Cl2N3O/c1-9(2)18-12(16-8-17-18)7-19-13-10(6-14)4-3-5-11(13)15/h3-5,8-9H,6-7H2,1-2H3. The van der Waals surface area contributed by atoms with E-state index in [1.54, 1.807) is 6.07 Å². The minimum Gasteiger partial charge on any atom is -0.484 e. The van der Waals surface area contributed by atoms with E-state index < -0.39 is 0 Å². The Balaban J connectivity index is 2.17. The Morgan fingerprint density at radius 2 is 2.16 bits per heavy atom. The monoisotopic (exact) mass is 299 g/mol. The number of aromatic nitrogens is 3. The molecule has 1 aromatic carbocycles. The van der Waals surface area contributed by atoms with Gasteiger partial charge < -0.3 is 4.74 Å². The zero-order chi connectivity index (χ0) is 13.8. The van der Waals surface area contributed by atoms with Crippen LogP contribution in [0.5, 0.6) is 5.75 Å². The molecule has 1 aromatic heterocycles. The van der Waals surface area contributed by atoms with Crippen LogP contribution in [0.3, 0.4) is 0 Å². The van der Waals surface area contributed by atoms with Gasteiger partial charge in [-0.15, -0.1) is 11.6 Å². The van der Waals surface area contributed by atoms with Crippen molar-refractivity contribution in [1.82, 2.24) is 14.8 Å². The number of hydrogen-bond donors (Lipinski definition) is 0. The topological polar surface area (TPSA) is 39.9 Å². The average Bonchev–Trinajstić information content (AvgIpc) is 2.85. The van der Waals surface area contributed by atoms with Crippen LogP contribution in [0.25, 0.3) is 0 Å². The van der Waals surface area contributed by atoms with E-state index in [0.29, 0.717) is 23.3 Å². The minimum absolute atomic E-state index is 0.236. The smallest absolute Gasteiger partial charge is 0.165 e. The molecule has 102 valence electrons. The number of halogens is 2. The van der Waals surface area contributed by atoms with E-state index in [0.717, 1.165) is 11.4 Å². The first-order chi connectivity index (χ1) is 9.13. The first kappa shape index (κ1) is 14.2. The van der Waals surface area contributed by atoms with E-state index in [1.165, 1.54) is 6.33 Å². The van der Waals surface area contributed by atoms with Crippen LogP contribution in [0.2, 0.25) is 5.02 Å². The third kappa shape index (κ3) is 3.19. The summed E-state index contributed by atoms with van der Waals surface area (Å²) in [7, 11) is 0. The fourth-order valence-corrected chi connectivity index (χ4v) is 2.22. The Morgan fingerprint density at radius 1 is 1.37 bits per heavy atom. The molecule has 0 aliphatic heterocycles. The van der Waals surface area contributed by atoms with Gasteiger partial charge in [-0.2, -0.15) is 5.10 Å². The maximum absolute atomic E-state index is 6.12. The molecule has 2 aromatic rings. The van der Waals surface area contributed by atoms with Crippen LogP contribution in [-0.2, 0) is 12.5 Å². The lowest BCUT2D eigenvalue weighted by molar-refractivity contribution is 0.280. The fraction of sp³-hybridized carbons (Fsp3) is 0.385. The molecule has 0 atom stereocenters. The van der Waals surface area contributed by atoms with Crippen molar-refractivity contribution >= 4 is 23.2 Å². The average molecular weight is 300 g/mol. The molecule has 0 bridgehead atoms. The first-order valence-electron chi connectivity index (χ1n) is 5.98. The molecule has 0 radical (unpaired) electrons. The third-order valence-corrected chi connectivity index (χ3v) is 3.26. The van der Waals surface area contributed by atoms with Crippen molar-refractivity contribution in [2.75, 3.05) is 0 Å². The minimum atomic E-state index is 0.236. The summed E-state index contributed by atoms with van der Waals surface area (Å²) in [6, 6.07) is 5.75. The molecule has 19 heavy (non-hydrogen) atoms. The van der Waals surface area contributed by atoms with Gasteiger partial charge in [-0.05, 0) is 19.9 Å². The zero-order valence-corrected chi connectivity index (χ0v) is 12.3. The van der Waals surface area contributed by atoms with Gasteiger partial charge in [-0.1, -0.05) is 23.7 Å². The van der Waals surface area contributed by atoms with Crippen LogP contribution in [0.1, 0.15) is 31.3 Å². The second kappa shape index (κ2) is 6.26. The van der Waals surface area contributed by atoms with Gasteiger partial charge in [0, 0.05) is 11.6 Å². The fourth-order valence-electron chi connectivity index (χ4n) is 1.77. The van der Waals surface area contributed by atoms with Crippen molar-refractivity contribution in [2.45, 2.75) is 32.4 Å². The number of nitrogens with zero attached hydrogens (tertiary/aromatic N) is 3. The maximum Gasteiger partial charge on any atom is 0.165 e. The van der Waals surface area contributed by atoms with E-state index in [2.05, 4.69) is 10.1 Å². The molecule has 0 saturated heterocycles. The van der Waals surface area contributed by atoms with Crippen LogP contribution in [0.4, 0.5) is 0 Å². The molecule has 0 spiro atoms. The molecule has 0 fully saturated rings. The summed E-state index contributed by atoms with van der Waals surface area (Å²) in [4.78, 5) is 4.19. The van der Waals surface area contributed by atoms with Crippen LogP contribution in [0, 0.1) is 0 Å². The van der Waals surface area contributed by atoms with Gasteiger partial charge in [0.15, 0.2) is 5.82 Å². The van der Waals surface area contributed by atoms with Gasteiger partial charge in [0.05, 0.1) is 10.9 Å². The highest BCUT2D eigenvalue weighted by molar-refractivity contribution is 6.32. The normalized spacial score (nSPS) is 11.0. The number of para-hydroxylation sites is 1. The Hall–Kier alpha value is -1.26. The van der Waals surface area contributed by atoms with Gasteiger partial charge in [0.2, 0.25) is 0 Å². The van der Waals surface area contributed by atoms with Crippen LogP contribution in [0.15, 0.2) is 24.5 Å². The maximum atomic E-state index is 6.12. The van der Waals surface area contributed by atoms with E-state index in [-0.39, 0.29) is 6.04 Å². The summed E-state index contributed by atoms with van der Waals surface area (Å²) >= 11 is 12.0. The largest absolute Gasteiger partial charge is 0.484 e. The summed E-state index contributed by atoms with van der Waals surface area (Å²) in [5.74, 6) is 1.72. The van der Waals surface area contributed by atoms with Gasteiger partial charge in [0.1, 0.15) is 18.7 Å². The Labute approximate surface area is 122 Å². The van der Waals surface area contributed by atoms with Crippen molar-refractivity contribution in [2.24, 2.45) is 0 Å². The van der Waals surface area contributed by atoms with Crippen LogP contribution < -0.4 is 4.74 Å². The quantitative estimate of drug-likeness (QED) is 0.788. The third-order valence-electron chi connectivity index (χ3n) is 2.67.